The summed E-state index contributed by atoms with van der Waals surface area (Å²) in [6, 6.07) is 0. The fraction of sp³-hybridized carbons (Fsp3) is 0.762. The number of unbranched alkanes of at least 4 members (excludes halogenated alkanes) is 3. The third-order valence-corrected chi connectivity index (χ3v) is 5.77. The molecule has 1 saturated heterocycles. The van der Waals surface area contributed by atoms with E-state index in [4.69, 9.17) is 16.3 Å². The SMILES string of the molecule is COC(=O)CCC/C=C1/C[C@@H]2[C@@H](/C=C/[C@@H](O)CCCCCCl)[C@H](O)C[C@H]2O1. The summed E-state index contributed by atoms with van der Waals surface area (Å²) >= 11 is 5.66. The van der Waals surface area contributed by atoms with Gasteiger partial charge in [0.1, 0.15) is 6.10 Å². The van der Waals surface area contributed by atoms with Crippen LogP contribution in [0.1, 0.15) is 57.8 Å². The molecule has 154 valence electrons. The van der Waals surface area contributed by atoms with Gasteiger partial charge in [-0.3, -0.25) is 4.79 Å². The van der Waals surface area contributed by atoms with E-state index >= 15 is 0 Å². The molecular formula is C21H33ClO5. The molecule has 2 fully saturated rings. The minimum absolute atomic E-state index is 0.0217. The van der Waals surface area contributed by atoms with Crippen LogP contribution >= 0.6 is 11.6 Å². The van der Waals surface area contributed by atoms with Gasteiger partial charge in [-0.1, -0.05) is 25.0 Å². The van der Waals surface area contributed by atoms with Gasteiger partial charge in [0, 0.05) is 37.0 Å². The van der Waals surface area contributed by atoms with Gasteiger partial charge in [0.2, 0.25) is 0 Å². The van der Waals surface area contributed by atoms with E-state index in [1.807, 2.05) is 12.2 Å². The molecule has 1 heterocycles. The summed E-state index contributed by atoms with van der Waals surface area (Å²) in [5, 5.41) is 20.5. The van der Waals surface area contributed by atoms with Crippen molar-refractivity contribution in [3.63, 3.8) is 0 Å². The normalized spacial score (nSPS) is 29.9. The molecule has 2 aliphatic rings. The Labute approximate surface area is 167 Å². The average Bonchev–Trinajstić information content (AvgIpc) is 3.16. The van der Waals surface area contributed by atoms with Gasteiger partial charge in [0.15, 0.2) is 0 Å². The minimum atomic E-state index is -0.470. The Morgan fingerprint density at radius 2 is 2.19 bits per heavy atom. The number of fused-ring (bicyclic) bond motifs is 1. The van der Waals surface area contributed by atoms with Gasteiger partial charge in [-0.15, -0.1) is 11.6 Å². The number of hydrogen-bond donors (Lipinski definition) is 2. The third kappa shape index (κ3) is 7.13. The zero-order valence-electron chi connectivity index (χ0n) is 16.2. The molecule has 27 heavy (non-hydrogen) atoms. The first kappa shape index (κ1) is 22.3. The number of aliphatic hydroxyl groups is 2. The van der Waals surface area contributed by atoms with E-state index in [1.165, 1.54) is 7.11 Å². The van der Waals surface area contributed by atoms with Gasteiger partial charge in [0.25, 0.3) is 0 Å². The van der Waals surface area contributed by atoms with E-state index in [9.17, 15) is 15.0 Å². The molecule has 0 aromatic heterocycles. The number of rotatable bonds is 11. The first-order chi connectivity index (χ1) is 13.0. The van der Waals surface area contributed by atoms with E-state index in [2.05, 4.69) is 10.8 Å². The Hall–Kier alpha value is -1.04. The number of methoxy groups -OCH3 is 1. The standard InChI is InChI=1S/C21H33ClO5/c1-26-21(25)9-5-4-8-16-13-18-17(19(24)14-20(18)27-16)11-10-15(23)7-3-2-6-12-22/h8,10-11,15,17-20,23-24H,2-7,9,12-14H2,1H3/b11-10+,16-8-/t15-,17+,18+,19+,20+/m0/s1. The predicted octanol–water partition coefficient (Wildman–Crippen LogP) is 3.72. The number of carbonyl (C=O) groups is 1. The van der Waals surface area contributed by atoms with Crippen LogP contribution in [-0.4, -0.2) is 47.5 Å². The van der Waals surface area contributed by atoms with E-state index in [-0.39, 0.29) is 23.9 Å². The van der Waals surface area contributed by atoms with Gasteiger partial charge >= 0.3 is 5.97 Å². The van der Waals surface area contributed by atoms with Crippen molar-refractivity contribution in [1.29, 1.82) is 0 Å². The van der Waals surface area contributed by atoms with Gasteiger partial charge < -0.3 is 19.7 Å². The van der Waals surface area contributed by atoms with E-state index in [1.54, 1.807) is 0 Å². The minimum Gasteiger partial charge on any atom is -0.495 e. The van der Waals surface area contributed by atoms with Crippen LogP contribution in [0.5, 0.6) is 0 Å². The maximum atomic E-state index is 11.1. The molecule has 2 N–H and O–H groups in total. The molecule has 5 atom stereocenters. The zero-order chi connectivity index (χ0) is 19.6. The topological polar surface area (TPSA) is 76.0 Å². The zero-order valence-corrected chi connectivity index (χ0v) is 16.9. The second-order valence-electron chi connectivity index (χ2n) is 7.53. The molecule has 0 aromatic carbocycles. The van der Waals surface area contributed by atoms with Crippen molar-refractivity contribution < 1.29 is 24.5 Å². The number of alkyl halides is 1. The number of carbonyl (C=O) groups excluding carboxylic acids is 1. The number of esters is 1. The number of aliphatic hydroxyl groups excluding tert-OH is 2. The summed E-state index contributed by atoms with van der Waals surface area (Å²) in [4.78, 5) is 11.1. The average molecular weight is 401 g/mol. The van der Waals surface area contributed by atoms with Crippen molar-refractivity contribution in [2.24, 2.45) is 11.8 Å². The quantitative estimate of drug-likeness (QED) is 0.239. The fourth-order valence-corrected chi connectivity index (χ4v) is 4.16. The summed E-state index contributed by atoms with van der Waals surface area (Å²) in [6.45, 7) is 0. The van der Waals surface area contributed by atoms with Crippen LogP contribution in [0.2, 0.25) is 0 Å². The van der Waals surface area contributed by atoms with Crippen LogP contribution in [0.15, 0.2) is 24.0 Å². The van der Waals surface area contributed by atoms with Gasteiger partial charge in [0.05, 0.1) is 25.1 Å². The lowest BCUT2D eigenvalue weighted by Crippen LogP contribution is -2.18. The first-order valence-corrected chi connectivity index (χ1v) is 10.6. The van der Waals surface area contributed by atoms with Crippen LogP contribution < -0.4 is 0 Å². The molecule has 5 nitrogen and oxygen atoms in total. The number of allylic oxidation sites excluding steroid dienone is 2. The second-order valence-corrected chi connectivity index (χ2v) is 7.91. The molecule has 1 saturated carbocycles. The Morgan fingerprint density at radius 3 is 2.93 bits per heavy atom. The fourth-order valence-electron chi connectivity index (χ4n) is 3.97. The summed E-state index contributed by atoms with van der Waals surface area (Å²) < 4.78 is 10.6. The molecule has 0 radical (unpaired) electrons. The van der Waals surface area contributed by atoms with E-state index < -0.39 is 12.2 Å². The number of halogens is 1. The van der Waals surface area contributed by atoms with Crippen LogP contribution in [0, 0.1) is 11.8 Å². The van der Waals surface area contributed by atoms with Crippen LogP contribution in [0.25, 0.3) is 0 Å². The Bertz CT molecular complexity index is 519. The summed E-state index contributed by atoms with van der Waals surface area (Å²) in [5.41, 5.74) is 0. The molecular weight excluding hydrogens is 368 g/mol. The molecule has 1 aliphatic heterocycles. The lowest BCUT2D eigenvalue weighted by atomic mass is 9.90. The van der Waals surface area contributed by atoms with Crippen molar-refractivity contribution in [2.75, 3.05) is 13.0 Å². The molecule has 6 heteroatoms. The molecule has 2 rings (SSSR count). The highest BCUT2D eigenvalue weighted by Crippen LogP contribution is 2.45. The smallest absolute Gasteiger partial charge is 0.305 e. The Kier molecular flexibility index (Phi) is 9.66. The van der Waals surface area contributed by atoms with Crippen molar-refractivity contribution in [1.82, 2.24) is 0 Å². The maximum absolute atomic E-state index is 11.1. The van der Waals surface area contributed by atoms with E-state index in [0.717, 1.165) is 50.7 Å². The monoisotopic (exact) mass is 400 g/mol. The van der Waals surface area contributed by atoms with Crippen LogP contribution in [0.3, 0.4) is 0 Å². The molecule has 0 bridgehead atoms. The molecule has 0 aromatic rings. The molecule has 0 unspecified atom stereocenters. The first-order valence-electron chi connectivity index (χ1n) is 10.1. The highest BCUT2D eigenvalue weighted by atomic mass is 35.5. The number of ether oxygens (including phenoxy) is 2. The van der Waals surface area contributed by atoms with Crippen LogP contribution in [0.4, 0.5) is 0 Å². The highest BCUT2D eigenvalue weighted by Gasteiger charge is 2.46. The number of hydrogen-bond acceptors (Lipinski definition) is 5. The van der Waals surface area contributed by atoms with Crippen LogP contribution in [-0.2, 0) is 14.3 Å². The van der Waals surface area contributed by atoms with Crippen molar-refractivity contribution in [2.45, 2.75) is 76.1 Å². The highest BCUT2D eigenvalue weighted by molar-refractivity contribution is 6.17. The van der Waals surface area contributed by atoms with Gasteiger partial charge in [-0.2, -0.15) is 0 Å². The Balaban J connectivity index is 1.78. The molecule has 0 spiro atoms. The largest absolute Gasteiger partial charge is 0.495 e. The lowest BCUT2D eigenvalue weighted by Gasteiger charge is -2.16. The molecule has 0 amide bonds. The summed E-state index contributed by atoms with van der Waals surface area (Å²) in [5.74, 6) is 1.72. The summed E-state index contributed by atoms with van der Waals surface area (Å²) in [6.07, 6.45) is 12.1. The van der Waals surface area contributed by atoms with Crippen molar-refractivity contribution >= 4 is 17.6 Å². The Morgan fingerprint density at radius 1 is 1.37 bits per heavy atom. The third-order valence-electron chi connectivity index (χ3n) is 5.50. The predicted molar refractivity (Wildman–Crippen MR) is 105 cm³/mol. The van der Waals surface area contributed by atoms with Crippen molar-refractivity contribution in [3.8, 4) is 0 Å². The second kappa shape index (κ2) is 11.7. The van der Waals surface area contributed by atoms with Gasteiger partial charge in [-0.25, -0.2) is 0 Å². The van der Waals surface area contributed by atoms with Crippen molar-refractivity contribution in [3.05, 3.63) is 24.0 Å². The van der Waals surface area contributed by atoms with E-state index in [0.29, 0.717) is 18.7 Å². The molecule has 1 aliphatic carbocycles. The lowest BCUT2D eigenvalue weighted by molar-refractivity contribution is -0.140. The summed E-state index contributed by atoms with van der Waals surface area (Å²) in [7, 11) is 1.40. The maximum Gasteiger partial charge on any atom is 0.305 e. The van der Waals surface area contributed by atoms with Gasteiger partial charge in [-0.05, 0) is 31.8 Å².